The molecule has 1 aliphatic carbocycles. The summed E-state index contributed by atoms with van der Waals surface area (Å²) in [6, 6.07) is 14.2. The van der Waals surface area contributed by atoms with Gasteiger partial charge in [-0.1, -0.05) is 42.5 Å². The first-order valence-corrected chi connectivity index (χ1v) is 7.77. The van der Waals surface area contributed by atoms with Crippen LogP contribution in [0.1, 0.15) is 34.6 Å². The van der Waals surface area contributed by atoms with E-state index in [9.17, 15) is 13.2 Å². The second-order valence-corrected chi connectivity index (χ2v) is 6.43. The molecule has 0 fully saturated rings. The number of fused-ring (bicyclic) bond motifs is 1. The first kappa shape index (κ1) is 18.8. The number of alkyl halides is 3. The molecule has 2 atom stereocenters. The maximum atomic E-state index is 13.0. The highest BCUT2D eigenvalue weighted by atomic mass is 35.5. The quantitative estimate of drug-likeness (QED) is 0.721. The van der Waals surface area contributed by atoms with Crippen LogP contribution in [0.3, 0.4) is 0 Å². The summed E-state index contributed by atoms with van der Waals surface area (Å²) in [7, 11) is 4.06. The number of benzene rings is 2. The van der Waals surface area contributed by atoms with E-state index in [0.717, 1.165) is 30.0 Å². The van der Waals surface area contributed by atoms with E-state index >= 15 is 0 Å². The largest absolute Gasteiger partial charge is 0.416 e. The third-order valence-corrected chi connectivity index (χ3v) is 4.74. The highest BCUT2D eigenvalue weighted by Gasteiger charge is 2.33. The van der Waals surface area contributed by atoms with E-state index in [-0.39, 0.29) is 18.3 Å². The van der Waals surface area contributed by atoms with E-state index in [0.29, 0.717) is 6.04 Å². The fourth-order valence-electron chi connectivity index (χ4n) is 3.44. The average Bonchev–Trinajstić information content (AvgIpc) is 2.53. The van der Waals surface area contributed by atoms with Crippen LogP contribution in [0.2, 0.25) is 0 Å². The molecular weight excluding hydrogens is 335 g/mol. The van der Waals surface area contributed by atoms with Crippen molar-refractivity contribution in [2.75, 3.05) is 14.1 Å². The van der Waals surface area contributed by atoms with E-state index in [2.05, 4.69) is 11.0 Å². The van der Waals surface area contributed by atoms with Crippen LogP contribution < -0.4 is 0 Å². The average molecular weight is 356 g/mol. The van der Waals surface area contributed by atoms with Crippen LogP contribution in [0.15, 0.2) is 48.5 Å². The predicted octanol–water partition coefficient (Wildman–Crippen LogP) is 5.14. The molecule has 0 aliphatic heterocycles. The van der Waals surface area contributed by atoms with Gasteiger partial charge >= 0.3 is 6.18 Å². The van der Waals surface area contributed by atoms with Gasteiger partial charge in [-0.15, -0.1) is 12.4 Å². The van der Waals surface area contributed by atoms with Gasteiger partial charge in [-0.25, -0.2) is 0 Å². The molecule has 3 rings (SSSR count). The minimum absolute atomic E-state index is 0. The van der Waals surface area contributed by atoms with Crippen molar-refractivity contribution in [1.29, 1.82) is 0 Å². The van der Waals surface area contributed by atoms with Gasteiger partial charge in [-0.2, -0.15) is 13.2 Å². The Morgan fingerprint density at radius 2 is 1.71 bits per heavy atom. The van der Waals surface area contributed by atoms with Crippen LogP contribution in [0.5, 0.6) is 0 Å². The lowest BCUT2D eigenvalue weighted by Gasteiger charge is -2.35. The molecule has 1 aliphatic rings. The Labute approximate surface area is 146 Å². The molecule has 130 valence electrons. The molecule has 5 heteroatoms. The molecule has 0 amide bonds. The fraction of sp³-hybridized carbons (Fsp3) is 0.368. The monoisotopic (exact) mass is 355 g/mol. The van der Waals surface area contributed by atoms with Gasteiger partial charge in [0.25, 0.3) is 0 Å². The molecule has 0 heterocycles. The number of rotatable bonds is 2. The Hall–Kier alpha value is -1.52. The molecule has 1 nitrogen and oxygen atoms in total. The van der Waals surface area contributed by atoms with Gasteiger partial charge in [0, 0.05) is 12.0 Å². The van der Waals surface area contributed by atoms with Gasteiger partial charge in [0.1, 0.15) is 0 Å². The van der Waals surface area contributed by atoms with Gasteiger partial charge in [-0.3, -0.25) is 0 Å². The second-order valence-electron chi connectivity index (χ2n) is 6.43. The standard InChI is InChI=1S/C19H20F3N.ClH/c1-23(2)16-11-14-6-3-4-9-17(14)18(12-16)13-7-5-8-15(10-13)19(20,21)22;/h3-10,16,18H,11-12H2,1-2H3;1H/t16-,18-;/m0./s1. The molecule has 0 radical (unpaired) electrons. The Morgan fingerprint density at radius 3 is 2.38 bits per heavy atom. The molecule has 0 unspecified atom stereocenters. The van der Waals surface area contributed by atoms with Crippen molar-refractivity contribution < 1.29 is 13.2 Å². The first-order valence-electron chi connectivity index (χ1n) is 7.77. The van der Waals surface area contributed by atoms with E-state index < -0.39 is 11.7 Å². The van der Waals surface area contributed by atoms with Crippen LogP contribution in [0.4, 0.5) is 13.2 Å². The van der Waals surface area contributed by atoms with Crippen LogP contribution in [0, 0.1) is 0 Å². The third kappa shape index (κ3) is 3.76. The zero-order chi connectivity index (χ0) is 16.6. The van der Waals surface area contributed by atoms with Crippen molar-refractivity contribution >= 4 is 12.4 Å². The lowest BCUT2D eigenvalue weighted by atomic mass is 9.76. The van der Waals surface area contributed by atoms with Crippen molar-refractivity contribution in [3.05, 3.63) is 70.8 Å². The van der Waals surface area contributed by atoms with Gasteiger partial charge in [-0.05, 0) is 49.7 Å². The summed E-state index contributed by atoms with van der Waals surface area (Å²) in [5, 5.41) is 0. The zero-order valence-corrected chi connectivity index (χ0v) is 14.5. The highest BCUT2D eigenvalue weighted by Crippen LogP contribution is 2.39. The number of hydrogen-bond donors (Lipinski definition) is 0. The highest BCUT2D eigenvalue weighted by molar-refractivity contribution is 5.85. The number of likely N-dealkylation sites (N-methyl/N-ethyl adjacent to an activating group) is 1. The summed E-state index contributed by atoms with van der Waals surface area (Å²) in [6.07, 6.45) is -2.52. The van der Waals surface area contributed by atoms with E-state index in [1.54, 1.807) is 0 Å². The molecule has 24 heavy (non-hydrogen) atoms. The summed E-state index contributed by atoms with van der Waals surface area (Å²) in [6.45, 7) is 0. The Balaban J connectivity index is 0.00000208. The van der Waals surface area contributed by atoms with Gasteiger partial charge in [0.15, 0.2) is 0 Å². The van der Waals surface area contributed by atoms with Gasteiger partial charge < -0.3 is 4.90 Å². The minimum atomic E-state index is -4.30. The third-order valence-electron chi connectivity index (χ3n) is 4.74. The van der Waals surface area contributed by atoms with Gasteiger partial charge in [0.2, 0.25) is 0 Å². The maximum absolute atomic E-state index is 13.0. The summed E-state index contributed by atoms with van der Waals surface area (Å²) in [5.74, 6) is 0.00894. The molecule has 0 aromatic heterocycles. The predicted molar refractivity (Wildman–Crippen MR) is 92.8 cm³/mol. The summed E-state index contributed by atoms with van der Waals surface area (Å²) in [4.78, 5) is 2.16. The van der Waals surface area contributed by atoms with Crippen molar-refractivity contribution in [1.82, 2.24) is 4.90 Å². The van der Waals surface area contributed by atoms with Gasteiger partial charge in [0.05, 0.1) is 5.56 Å². The number of hydrogen-bond acceptors (Lipinski definition) is 1. The second kappa shape index (κ2) is 7.16. The van der Waals surface area contributed by atoms with Crippen molar-refractivity contribution in [2.24, 2.45) is 0 Å². The number of halogens is 4. The molecule has 0 saturated heterocycles. The molecule has 0 saturated carbocycles. The Bertz CT molecular complexity index is 697. The van der Waals surface area contributed by atoms with E-state index in [1.165, 1.54) is 17.7 Å². The molecule has 2 aromatic rings. The van der Waals surface area contributed by atoms with Crippen molar-refractivity contribution in [3.8, 4) is 0 Å². The molecular formula is C19H21ClF3N. The normalized spacial score (nSPS) is 20.4. The Kier molecular flexibility index (Phi) is 5.61. The van der Waals surface area contributed by atoms with E-state index in [4.69, 9.17) is 0 Å². The van der Waals surface area contributed by atoms with E-state index in [1.807, 2.05) is 38.4 Å². The van der Waals surface area contributed by atoms with Crippen LogP contribution in [-0.2, 0) is 12.6 Å². The minimum Gasteiger partial charge on any atom is -0.306 e. The van der Waals surface area contributed by atoms with Crippen LogP contribution >= 0.6 is 12.4 Å². The summed E-state index contributed by atoms with van der Waals surface area (Å²) >= 11 is 0. The SMILES string of the molecule is CN(C)[C@H]1Cc2ccccc2[C@H](c2cccc(C(F)(F)F)c2)C1.Cl. The summed E-state index contributed by atoms with van der Waals surface area (Å²) < 4.78 is 39.1. The lowest BCUT2D eigenvalue weighted by Crippen LogP contribution is -2.35. The van der Waals surface area contributed by atoms with Crippen LogP contribution in [0.25, 0.3) is 0 Å². The smallest absolute Gasteiger partial charge is 0.306 e. The molecule has 0 N–H and O–H groups in total. The van der Waals surface area contributed by atoms with Crippen molar-refractivity contribution in [3.63, 3.8) is 0 Å². The lowest BCUT2D eigenvalue weighted by molar-refractivity contribution is -0.137. The molecule has 2 aromatic carbocycles. The molecule has 0 spiro atoms. The Morgan fingerprint density at radius 1 is 1.00 bits per heavy atom. The van der Waals surface area contributed by atoms with Crippen LogP contribution in [-0.4, -0.2) is 25.0 Å². The molecule has 0 bridgehead atoms. The fourth-order valence-corrected chi connectivity index (χ4v) is 3.44. The first-order chi connectivity index (χ1) is 10.9. The number of nitrogens with zero attached hydrogens (tertiary/aromatic N) is 1. The summed E-state index contributed by atoms with van der Waals surface area (Å²) in [5.41, 5.74) is 2.57. The maximum Gasteiger partial charge on any atom is 0.416 e. The van der Waals surface area contributed by atoms with Crippen molar-refractivity contribution in [2.45, 2.75) is 31.0 Å². The zero-order valence-electron chi connectivity index (χ0n) is 13.7. The topological polar surface area (TPSA) is 3.24 Å².